The summed E-state index contributed by atoms with van der Waals surface area (Å²) in [5.41, 5.74) is 0. The van der Waals surface area contributed by atoms with Crippen LogP contribution in [0.4, 0.5) is 11.6 Å². The number of anilines is 2. The van der Waals surface area contributed by atoms with Crippen molar-refractivity contribution in [3.63, 3.8) is 0 Å². The highest BCUT2D eigenvalue weighted by molar-refractivity contribution is 5.46. The van der Waals surface area contributed by atoms with E-state index < -0.39 is 0 Å². The Morgan fingerprint density at radius 2 is 1.93 bits per heavy atom. The fraction of sp³-hybridized carbons (Fsp3) is 0.600. The van der Waals surface area contributed by atoms with Gasteiger partial charge in [0.05, 0.1) is 19.2 Å². The summed E-state index contributed by atoms with van der Waals surface area (Å²) < 4.78 is 0.806. The average molecular weight is 210 g/mol. The standard InChI is InChI=1S/C10H18N4O/c1-5-13(6-2)10-7-9(12(3)4)11-8-14(10)15/h7-8H,5-6H2,1-4H3. The lowest BCUT2D eigenvalue weighted by molar-refractivity contribution is -0.595. The van der Waals surface area contributed by atoms with Gasteiger partial charge in [0.2, 0.25) is 18.0 Å². The van der Waals surface area contributed by atoms with E-state index in [1.54, 1.807) is 6.07 Å². The van der Waals surface area contributed by atoms with Gasteiger partial charge < -0.3 is 10.1 Å². The molecular weight excluding hydrogens is 192 g/mol. The molecule has 0 spiro atoms. The fourth-order valence-corrected chi connectivity index (χ4v) is 1.41. The summed E-state index contributed by atoms with van der Waals surface area (Å²) in [6.07, 6.45) is 1.31. The van der Waals surface area contributed by atoms with Crippen LogP contribution >= 0.6 is 0 Å². The maximum Gasteiger partial charge on any atom is 0.229 e. The van der Waals surface area contributed by atoms with E-state index in [4.69, 9.17) is 0 Å². The molecule has 0 aliphatic heterocycles. The van der Waals surface area contributed by atoms with Crippen molar-refractivity contribution >= 4 is 11.6 Å². The third-order valence-electron chi connectivity index (χ3n) is 2.32. The minimum absolute atomic E-state index is 0.652. The van der Waals surface area contributed by atoms with Crippen molar-refractivity contribution in [1.82, 2.24) is 4.98 Å². The van der Waals surface area contributed by atoms with Gasteiger partial charge in [-0.1, -0.05) is 4.98 Å². The third kappa shape index (κ3) is 2.49. The zero-order valence-corrected chi connectivity index (χ0v) is 9.77. The van der Waals surface area contributed by atoms with Crippen LogP contribution in [0.25, 0.3) is 0 Å². The molecule has 5 heteroatoms. The molecule has 0 aliphatic rings. The zero-order valence-electron chi connectivity index (χ0n) is 9.77. The van der Waals surface area contributed by atoms with Crippen molar-refractivity contribution < 1.29 is 4.73 Å². The van der Waals surface area contributed by atoms with E-state index in [9.17, 15) is 5.21 Å². The first-order valence-corrected chi connectivity index (χ1v) is 5.11. The summed E-state index contributed by atoms with van der Waals surface area (Å²) in [4.78, 5) is 7.92. The highest BCUT2D eigenvalue weighted by Crippen LogP contribution is 2.13. The van der Waals surface area contributed by atoms with Gasteiger partial charge in [0.15, 0.2) is 0 Å². The number of nitrogens with zero attached hydrogens (tertiary/aromatic N) is 4. The van der Waals surface area contributed by atoms with Crippen molar-refractivity contribution in [2.45, 2.75) is 13.8 Å². The molecule has 1 rings (SSSR count). The molecule has 1 aromatic heterocycles. The molecule has 5 nitrogen and oxygen atoms in total. The van der Waals surface area contributed by atoms with Gasteiger partial charge in [-0.2, -0.15) is 0 Å². The summed E-state index contributed by atoms with van der Waals surface area (Å²) in [6, 6.07) is 1.81. The molecule has 0 aromatic carbocycles. The van der Waals surface area contributed by atoms with Crippen LogP contribution < -0.4 is 14.5 Å². The van der Waals surface area contributed by atoms with Gasteiger partial charge in [-0.3, -0.25) is 9.63 Å². The number of aromatic nitrogens is 2. The normalized spacial score (nSPS) is 10.1. The average Bonchev–Trinajstić information content (AvgIpc) is 2.22. The van der Waals surface area contributed by atoms with E-state index in [-0.39, 0.29) is 0 Å². The molecule has 84 valence electrons. The van der Waals surface area contributed by atoms with Gasteiger partial charge in [0, 0.05) is 14.1 Å². The van der Waals surface area contributed by atoms with Crippen LogP contribution in [-0.4, -0.2) is 32.2 Å². The van der Waals surface area contributed by atoms with Gasteiger partial charge in [-0.25, -0.2) is 0 Å². The third-order valence-corrected chi connectivity index (χ3v) is 2.32. The molecule has 0 radical (unpaired) electrons. The van der Waals surface area contributed by atoms with Crippen LogP contribution in [0.3, 0.4) is 0 Å². The van der Waals surface area contributed by atoms with Crippen LogP contribution in [0.15, 0.2) is 12.4 Å². The first-order valence-electron chi connectivity index (χ1n) is 5.11. The van der Waals surface area contributed by atoms with Crippen molar-refractivity contribution in [2.24, 2.45) is 0 Å². The second-order valence-corrected chi connectivity index (χ2v) is 3.50. The molecule has 0 unspecified atom stereocenters. The van der Waals surface area contributed by atoms with Crippen molar-refractivity contribution in [2.75, 3.05) is 37.0 Å². The summed E-state index contributed by atoms with van der Waals surface area (Å²) in [5, 5.41) is 11.5. The molecule has 0 atom stereocenters. The minimum Gasteiger partial charge on any atom is -0.740 e. The van der Waals surface area contributed by atoms with Crippen LogP contribution in [-0.2, 0) is 0 Å². The molecule has 0 aliphatic carbocycles. The summed E-state index contributed by atoms with van der Waals surface area (Å²) in [5.74, 6) is 1.45. The summed E-state index contributed by atoms with van der Waals surface area (Å²) in [6.45, 7) is 5.68. The Kier molecular flexibility index (Phi) is 3.71. The lowest BCUT2D eigenvalue weighted by Gasteiger charge is -2.21. The molecule has 0 amide bonds. The van der Waals surface area contributed by atoms with Gasteiger partial charge in [0.1, 0.15) is 0 Å². The molecule has 0 bridgehead atoms. The molecule has 1 aromatic rings. The van der Waals surface area contributed by atoms with Crippen LogP contribution in [0.1, 0.15) is 13.8 Å². The molecule has 0 N–H and O–H groups in total. The Bertz CT molecular complexity index is 323. The minimum atomic E-state index is 0.652. The lowest BCUT2D eigenvalue weighted by atomic mass is 10.4. The van der Waals surface area contributed by atoms with Crippen LogP contribution in [0.5, 0.6) is 0 Å². The summed E-state index contributed by atoms with van der Waals surface area (Å²) in [7, 11) is 3.81. The van der Waals surface area contributed by atoms with E-state index in [0.717, 1.165) is 23.6 Å². The maximum atomic E-state index is 11.5. The van der Waals surface area contributed by atoms with E-state index >= 15 is 0 Å². The Morgan fingerprint density at radius 1 is 1.33 bits per heavy atom. The van der Waals surface area contributed by atoms with Crippen molar-refractivity contribution in [3.8, 4) is 0 Å². The largest absolute Gasteiger partial charge is 0.740 e. The predicted molar refractivity (Wildman–Crippen MR) is 61.1 cm³/mol. The molecule has 1 heterocycles. The van der Waals surface area contributed by atoms with E-state index in [2.05, 4.69) is 4.98 Å². The first kappa shape index (κ1) is 11.6. The lowest BCUT2D eigenvalue weighted by Crippen LogP contribution is -2.38. The highest BCUT2D eigenvalue weighted by atomic mass is 16.5. The Hall–Kier alpha value is -1.52. The van der Waals surface area contributed by atoms with Gasteiger partial charge in [-0.05, 0) is 13.8 Å². The van der Waals surface area contributed by atoms with E-state index in [1.807, 2.05) is 37.7 Å². The number of hydrogen-bond donors (Lipinski definition) is 0. The maximum absolute atomic E-state index is 11.5. The zero-order chi connectivity index (χ0) is 11.4. The molecule has 0 saturated carbocycles. The van der Waals surface area contributed by atoms with Crippen molar-refractivity contribution in [3.05, 3.63) is 17.6 Å². The molecular formula is C10H18N4O. The van der Waals surface area contributed by atoms with Crippen LogP contribution in [0.2, 0.25) is 0 Å². The van der Waals surface area contributed by atoms with Crippen LogP contribution in [0, 0.1) is 5.21 Å². The number of rotatable bonds is 4. The highest BCUT2D eigenvalue weighted by Gasteiger charge is 2.13. The van der Waals surface area contributed by atoms with Gasteiger partial charge in [0.25, 0.3) is 0 Å². The predicted octanol–water partition coefficient (Wildman–Crippen LogP) is 0.627. The van der Waals surface area contributed by atoms with Gasteiger partial charge >= 0.3 is 0 Å². The Balaban J connectivity index is 3.09. The Labute approximate surface area is 90.5 Å². The van der Waals surface area contributed by atoms with Gasteiger partial charge in [-0.15, -0.1) is 0 Å². The van der Waals surface area contributed by atoms with E-state index in [0.29, 0.717) is 5.82 Å². The molecule has 0 fully saturated rings. The smallest absolute Gasteiger partial charge is 0.229 e. The van der Waals surface area contributed by atoms with Crippen molar-refractivity contribution in [1.29, 1.82) is 0 Å². The Morgan fingerprint density at radius 3 is 2.40 bits per heavy atom. The van der Waals surface area contributed by atoms with E-state index in [1.165, 1.54) is 6.33 Å². The topological polar surface area (TPSA) is 46.3 Å². The second kappa shape index (κ2) is 4.82. The fourth-order valence-electron chi connectivity index (χ4n) is 1.41. The number of hydrogen-bond acceptors (Lipinski definition) is 4. The molecule has 0 saturated heterocycles. The SMILES string of the molecule is CCN(CC)c1cc(N(C)C)nc[n+]1[O-]. The monoisotopic (exact) mass is 210 g/mol. The first-order chi connectivity index (χ1) is 7.10. The quantitative estimate of drug-likeness (QED) is 0.540. The molecule has 15 heavy (non-hydrogen) atoms. The second-order valence-electron chi connectivity index (χ2n) is 3.50. The summed E-state index contributed by atoms with van der Waals surface area (Å²) >= 11 is 0.